The van der Waals surface area contributed by atoms with E-state index in [0.29, 0.717) is 13.0 Å². The van der Waals surface area contributed by atoms with E-state index in [9.17, 15) is 14.7 Å². The highest BCUT2D eigenvalue weighted by atomic mass is 16.5. The van der Waals surface area contributed by atoms with E-state index in [0.717, 1.165) is 0 Å². The summed E-state index contributed by atoms with van der Waals surface area (Å²) >= 11 is 0. The van der Waals surface area contributed by atoms with Gasteiger partial charge in [-0.2, -0.15) is 0 Å². The number of hydrogen-bond acceptors (Lipinski definition) is 5. The van der Waals surface area contributed by atoms with Gasteiger partial charge in [0.2, 0.25) is 5.91 Å². The first-order chi connectivity index (χ1) is 7.61. The largest absolute Gasteiger partial charge is 0.390 e. The van der Waals surface area contributed by atoms with Crippen LogP contribution in [0.25, 0.3) is 0 Å². The lowest BCUT2D eigenvalue weighted by molar-refractivity contribution is -0.123. The maximum atomic E-state index is 11.5. The van der Waals surface area contributed by atoms with E-state index < -0.39 is 24.5 Å². The van der Waals surface area contributed by atoms with Crippen LogP contribution in [0.5, 0.6) is 0 Å². The number of imide groups is 1. The number of aliphatic hydroxyl groups is 1. The Morgan fingerprint density at radius 3 is 2.88 bits per heavy atom. The lowest BCUT2D eigenvalue weighted by Gasteiger charge is -2.31. The summed E-state index contributed by atoms with van der Waals surface area (Å²) in [7, 11) is 0. The van der Waals surface area contributed by atoms with Gasteiger partial charge >= 0.3 is 6.03 Å². The molecule has 0 spiro atoms. The Morgan fingerprint density at radius 2 is 2.31 bits per heavy atom. The Balaban J connectivity index is 1.98. The molecular weight excluding hydrogens is 214 g/mol. The molecule has 2 aliphatic rings. The zero-order valence-electron chi connectivity index (χ0n) is 8.76. The summed E-state index contributed by atoms with van der Waals surface area (Å²) in [5.74, 6) is -0.282. The van der Waals surface area contributed by atoms with E-state index in [1.54, 1.807) is 0 Å². The number of rotatable bonds is 2. The van der Waals surface area contributed by atoms with Gasteiger partial charge in [-0.1, -0.05) is 0 Å². The number of hydrogen-bond donors (Lipinski definition) is 3. The van der Waals surface area contributed by atoms with Gasteiger partial charge in [-0.3, -0.25) is 15.0 Å². The van der Waals surface area contributed by atoms with Crippen LogP contribution in [-0.4, -0.2) is 53.5 Å². The van der Waals surface area contributed by atoms with Gasteiger partial charge in [0.1, 0.15) is 6.23 Å². The van der Waals surface area contributed by atoms with Crippen LogP contribution in [0.2, 0.25) is 0 Å². The number of nitrogens with one attached hydrogen (secondary N) is 1. The molecule has 4 N–H and O–H groups in total. The molecule has 2 aliphatic heterocycles. The van der Waals surface area contributed by atoms with Gasteiger partial charge in [0.05, 0.1) is 12.2 Å². The Morgan fingerprint density at radius 1 is 1.56 bits per heavy atom. The third-order valence-electron chi connectivity index (χ3n) is 2.87. The minimum atomic E-state index is -0.652. The molecular formula is C9H15N3O4. The van der Waals surface area contributed by atoms with E-state index in [4.69, 9.17) is 10.5 Å². The summed E-state index contributed by atoms with van der Waals surface area (Å²) < 4.78 is 5.45. The van der Waals surface area contributed by atoms with Crippen molar-refractivity contribution >= 4 is 11.9 Å². The molecule has 0 saturated carbocycles. The molecule has 0 bridgehead atoms. The van der Waals surface area contributed by atoms with Gasteiger partial charge in [0, 0.05) is 25.9 Å². The number of urea groups is 1. The zero-order valence-corrected chi connectivity index (χ0v) is 8.76. The fourth-order valence-electron chi connectivity index (χ4n) is 1.97. The molecule has 0 aromatic rings. The van der Waals surface area contributed by atoms with Crippen molar-refractivity contribution in [2.75, 3.05) is 13.1 Å². The molecule has 0 aromatic heterocycles. The summed E-state index contributed by atoms with van der Waals surface area (Å²) in [6, 6.07) is -0.467. The fraction of sp³-hybridized carbons (Fsp3) is 0.778. The molecule has 0 aliphatic carbocycles. The number of amides is 3. The maximum absolute atomic E-state index is 11.5. The first-order valence-corrected chi connectivity index (χ1v) is 5.26. The average molecular weight is 229 g/mol. The van der Waals surface area contributed by atoms with Crippen LogP contribution in [0.3, 0.4) is 0 Å². The molecule has 90 valence electrons. The number of carbonyl (C=O) groups excluding carboxylic acids is 2. The second kappa shape index (κ2) is 4.36. The van der Waals surface area contributed by atoms with Crippen LogP contribution in [0, 0.1) is 0 Å². The van der Waals surface area contributed by atoms with Crippen molar-refractivity contribution in [2.45, 2.75) is 31.3 Å². The number of aliphatic hydroxyl groups excluding tert-OH is 1. The highest BCUT2D eigenvalue weighted by Crippen LogP contribution is 2.23. The van der Waals surface area contributed by atoms with Crippen molar-refractivity contribution in [3.63, 3.8) is 0 Å². The van der Waals surface area contributed by atoms with Crippen molar-refractivity contribution in [2.24, 2.45) is 5.73 Å². The van der Waals surface area contributed by atoms with Gasteiger partial charge in [0.25, 0.3) is 0 Å². The van der Waals surface area contributed by atoms with Crippen LogP contribution in [-0.2, 0) is 9.53 Å². The summed E-state index contributed by atoms with van der Waals surface area (Å²) in [4.78, 5) is 23.9. The molecule has 0 aromatic carbocycles. The molecule has 16 heavy (non-hydrogen) atoms. The minimum absolute atomic E-state index is 0.214. The molecule has 0 radical (unpaired) electrons. The van der Waals surface area contributed by atoms with Crippen molar-refractivity contribution in [3.05, 3.63) is 0 Å². The summed E-state index contributed by atoms with van der Waals surface area (Å²) in [6.45, 7) is 0.533. The number of carbonyl (C=O) groups is 2. The van der Waals surface area contributed by atoms with Gasteiger partial charge in [-0.15, -0.1) is 0 Å². The van der Waals surface area contributed by atoms with Gasteiger partial charge in [-0.25, -0.2) is 4.79 Å². The van der Waals surface area contributed by atoms with Gasteiger partial charge < -0.3 is 15.6 Å². The SMILES string of the molecule is NC[C@H]1O[C@@H](N2CCC(=O)NC2=O)C[C@@H]1O. The molecule has 2 saturated heterocycles. The quantitative estimate of drug-likeness (QED) is 0.527. The van der Waals surface area contributed by atoms with E-state index in [1.165, 1.54) is 4.90 Å². The first-order valence-electron chi connectivity index (χ1n) is 5.26. The Kier molecular flexibility index (Phi) is 3.08. The Labute approximate surface area is 92.5 Å². The van der Waals surface area contributed by atoms with Crippen molar-refractivity contribution in [1.82, 2.24) is 10.2 Å². The number of ether oxygens (including phenoxy) is 1. The van der Waals surface area contributed by atoms with Crippen LogP contribution >= 0.6 is 0 Å². The summed E-state index contributed by atoms with van der Waals surface area (Å²) in [5.41, 5.74) is 5.41. The normalized spacial score (nSPS) is 35.4. The first kappa shape index (κ1) is 11.3. The number of nitrogens with two attached hydrogens (primary N) is 1. The molecule has 3 amide bonds. The molecule has 7 nitrogen and oxygen atoms in total. The predicted molar refractivity (Wildman–Crippen MR) is 53.2 cm³/mol. The van der Waals surface area contributed by atoms with Crippen molar-refractivity contribution in [1.29, 1.82) is 0 Å². The lowest BCUT2D eigenvalue weighted by atomic mass is 10.1. The standard InChI is InChI=1S/C9H15N3O4/c10-4-6-5(13)3-8(16-6)12-2-1-7(14)11-9(12)15/h5-6,8,13H,1-4,10H2,(H,11,14,15)/t5-,6+,8+/m0/s1. The van der Waals surface area contributed by atoms with Crippen LogP contribution < -0.4 is 11.1 Å². The van der Waals surface area contributed by atoms with Crippen LogP contribution in [0.4, 0.5) is 4.79 Å². The smallest absolute Gasteiger partial charge is 0.326 e. The third-order valence-corrected chi connectivity index (χ3v) is 2.87. The Bertz CT molecular complexity index is 309. The second-order valence-electron chi connectivity index (χ2n) is 3.96. The van der Waals surface area contributed by atoms with E-state index in [-0.39, 0.29) is 18.9 Å². The van der Waals surface area contributed by atoms with E-state index >= 15 is 0 Å². The second-order valence-corrected chi connectivity index (χ2v) is 3.96. The Hall–Kier alpha value is -1.18. The molecule has 2 rings (SSSR count). The molecule has 0 unspecified atom stereocenters. The van der Waals surface area contributed by atoms with E-state index in [1.807, 2.05) is 0 Å². The average Bonchev–Trinajstić information content (AvgIpc) is 2.59. The topological polar surface area (TPSA) is 105 Å². The zero-order chi connectivity index (χ0) is 11.7. The third kappa shape index (κ3) is 2.01. The number of nitrogens with zero attached hydrogens (tertiary/aromatic N) is 1. The molecule has 7 heteroatoms. The van der Waals surface area contributed by atoms with E-state index in [2.05, 4.69) is 5.32 Å². The van der Waals surface area contributed by atoms with Crippen molar-refractivity contribution in [3.8, 4) is 0 Å². The van der Waals surface area contributed by atoms with Crippen molar-refractivity contribution < 1.29 is 19.4 Å². The molecule has 2 fully saturated rings. The lowest BCUT2D eigenvalue weighted by Crippen LogP contribution is -2.53. The monoisotopic (exact) mass is 229 g/mol. The van der Waals surface area contributed by atoms with Crippen LogP contribution in [0.15, 0.2) is 0 Å². The van der Waals surface area contributed by atoms with Crippen LogP contribution in [0.1, 0.15) is 12.8 Å². The summed E-state index contributed by atoms with van der Waals surface area (Å²) in [6.07, 6.45) is -0.981. The summed E-state index contributed by atoms with van der Waals surface area (Å²) in [5, 5.41) is 11.8. The minimum Gasteiger partial charge on any atom is -0.390 e. The predicted octanol–water partition coefficient (Wildman–Crippen LogP) is -1.64. The fourth-order valence-corrected chi connectivity index (χ4v) is 1.97. The highest BCUT2D eigenvalue weighted by Gasteiger charge is 2.39. The molecule has 2 heterocycles. The molecule has 3 atom stereocenters. The van der Waals surface area contributed by atoms with Gasteiger partial charge in [-0.05, 0) is 0 Å². The highest BCUT2D eigenvalue weighted by molar-refractivity contribution is 5.96. The van der Waals surface area contributed by atoms with Gasteiger partial charge in [0.15, 0.2) is 0 Å². The maximum Gasteiger partial charge on any atom is 0.326 e.